The molecule has 0 saturated carbocycles. The van der Waals surface area contributed by atoms with Crippen molar-refractivity contribution in [3.05, 3.63) is 95.3 Å². The summed E-state index contributed by atoms with van der Waals surface area (Å²) >= 11 is 0. The first kappa shape index (κ1) is 20.2. The number of hydrogen-bond acceptors (Lipinski definition) is 3. The molecule has 2 aliphatic rings. The maximum Gasteiger partial charge on any atom is 0.409 e. The van der Waals surface area contributed by atoms with Gasteiger partial charge in [-0.3, -0.25) is 4.79 Å². The minimum atomic E-state index is -1.01. The number of carboxylic acids is 1. The SMILES string of the molecule is O=C(O)[C@@H]1CN(C(=O)OCC2c3ccccc3-c3ccccc32)C[C@H]1c1cccc(F)c1. The summed E-state index contributed by atoms with van der Waals surface area (Å²) in [6, 6.07) is 22.1. The van der Waals surface area contributed by atoms with E-state index in [1.165, 1.54) is 17.0 Å². The maximum absolute atomic E-state index is 13.7. The summed E-state index contributed by atoms with van der Waals surface area (Å²) in [5, 5.41) is 9.66. The first-order valence-electron chi connectivity index (χ1n) is 10.6. The third kappa shape index (κ3) is 3.51. The molecule has 3 aromatic rings. The number of carbonyl (C=O) groups is 2. The summed E-state index contributed by atoms with van der Waals surface area (Å²) in [4.78, 5) is 26.1. The van der Waals surface area contributed by atoms with Gasteiger partial charge in [0.05, 0.1) is 5.92 Å². The van der Waals surface area contributed by atoms with E-state index in [2.05, 4.69) is 12.1 Å². The van der Waals surface area contributed by atoms with Crippen molar-refractivity contribution in [1.29, 1.82) is 0 Å². The second-order valence-electron chi connectivity index (χ2n) is 8.32. The second kappa shape index (κ2) is 8.11. The molecule has 0 radical (unpaired) electrons. The van der Waals surface area contributed by atoms with Crippen molar-refractivity contribution >= 4 is 12.1 Å². The van der Waals surface area contributed by atoms with E-state index in [1.807, 2.05) is 36.4 Å². The van der Waals surface area contributed by atoms with Crippen LogP contribution in [0, 0.1) is 11.7 Å². The van der Waals surface area contributed by atoms with Gasteiger partial charge in [-0.2, -0.15) is 0 Å². The third-order valence-corrected chi connectivity index (χ3v) is 6.51. The molecule has 0 spiro atoms. The van der Waals surface area contributed by atoms with Crippen LogP contribution in [0.2, 0.25) is 0 Å². The van der Waals surface area contributed by atoms with Crippen molar-refractivity contribution in [1.82, 2.24) is 4.90 Å². The fourth-order valence-electron chi connectivity index (χ4n) is 4.96. The molecule has 5 rings (SSSR count). The number of carboxylic acid groups (broad SMARTS) is 1. The topological polar surface area (TPSA) is 66.8 Å². The van der Waals surface area contributed by atoms with Gasteiger partial charge in [0.15, 0.2) is 0 Å². The van der Waals surface area contributed by atoms with Crippen LogP contribution < -0.4 is 0 Å². The molecule has 1 aliphatic heterocycles. The summed E-state index contributed by atoms with van der Waals surface area (Å²) in [6.07, 6.45) is -0.544. The van der Waals surface area contributed by atoms with Gasteiger partial charge < -0.3 is 14.7 Å². The first-order valence-corrected chi connectivity index (χ1v) is 10.6. The Kier molecular flexibility index (Phi) is 5.13. The molecule has 1 aliphatic carbocycles. The Balaban J connectivity index is 1.32. The number of ether oxygens (including phenoxy) is 1. The Labute approximate surface area is 185 Å². The van der Waals surface area contributed by atoms with Crippen LogP contribution in [-0.2, 0) is 9.53 Å². The van der Waals surface area contributed by atoms with Crippen LogP contribution in [0.5, 0.6) is 0 Å². The van der Waals surface area contributed by atoms with Crippen molar-refractivity contribution < 1.29 is 23.8 Å². The number of fused-ring (bicyclic) bond motifs is 3. The molecule has 2 atom stereocenters. The fraction of sp³-hybridized carbons (Fsp3) is 0.231. The predicted octanol–water partition coefficient (Wildman–Crippen LogP) is 4.87. The Hall–Kier alpha value is -3.67. The minimum Gasteiger partial charge on any atom is -0.481 e. The van der Waals surface area contributed by atoms with E-state index in [9.17, 15) is 19.1 Å². The number of nitrogens with zero attached hydrogens (tertiary/aromatic N) is 1. The molecule has 1 N–H and O–H groups in total. The normalized spacial score (nSPS) is 19.5. The van der Waals surface area contributed by atoms with Gasteiger partial charge in [0.2, 0.25) is 0 Å². The van der Waals surface area contributed by atoms with Crippen LogP contribution in [0.15, 0.2) is 72.8 Å². The molecule has 6 heteroatoms. The average Bonchev–Trinajstić information content (AvgIpc) is 3.38. The van der Waals surface area contributed by atoms with Gasteiger partial charge in [-0.25, -0.2) is 9.18 Å². The second-order valence-corrected chi connectivity index (χ2v) is 8.32. The minimum absolute atomic E-state index is 0.0349. The summed E-state index contributed by atoms with van der Waals surface area (Å²) in [5.41, 5.74) is 5.09. The number of likely N-dealkylation sites (tertiary alicyclic amines) is 1. The van der Waals surface area contributed by atoms with Crippen LogP contribution in [0.4, 0.5) is 9.18 Å². The summed E-state index contributed by atoms with van der Waals surface area (Å²) in [5.74, 6) is -2.79. The Bertz CT molecular complexity index is 1150. The molecule has 5 nitrogen and oxygen atoms in total. The highest BCUT2D eigenvalue weighted by Crippen LogP contribution is 2.44. The molecule has 1 fully saturated rings. The molecule has 0 aromatic heterocycles. The smallest absolute Gasteiger partial charge is 0.409 e. The van der Waals surface area contributed by atoms with E-state index >= 15 is 0 Å². The molecule has 3 aromatic carbocycles. The number of hydrogen-bond donors (Lipinski definition) is 1. The zero-order valence-corrected chi connectivity index (χ0v) is 17.3. The number of halogens is 1. The highest BCUT2D eigenvalue weighted by molar-refractivity contribution is 5.79. The number of carbonyl (C=O) groups excluding carboxylic acids is 1. The van der Waals surface area contributed by atoms with Crippen LogP contribution in [0.1, 0.15) is 28.5 Å². The van der Waals surface area contributed by atoms with Crippen LogP contribution >= 0.6 is 0 Å². The summed E-state index contributed by atoms with van der Waals surface area (Å²) in [6.45, 7) is 0.385. The van der Waals surface area contributed by atoms with Gasteiger partial charge in [-0.1, -0.05) is 60.7 Å². The lowest BCUT2D eigenvalue weighted by molar-refractivity contribution is -0.141. The summed E-state index contributed by atoms with van der Waals surface area (Å²) in [7, 11) is 0. The van der Waals surface area contributed by atoms with Gasteiger partial charge in [-0.05, 0) is 39.9 Å². The van der Waals surface area contributed by atoms with Crippen molar-refractivity contribution in [2.45, 2.75) is 11.8 Å². The molecule has 1 saturated heterocycles. The van der Waals surface area contributed by atoms with Crippen LogP contribution in [-0.4, -0.2) is 41.8 Å². The fourth-order valence-corrected chi connectivity index (χ4v) is 4.96. The average molecular weight is 431 g/mol. The zero-order chi connectivity index (χ0) is 22.2. The molecular formula is C26H22FNO4. The molecule has 162 valence electrons. The Morgan fingerprint density at radius 1 is 0.938 bits per heavy atom. The molecule has 32 heavy (non-hydrogen) atoms. The summed E-state index contributed by atoms with van der Waals surface area (Å²) < 4.78 is 19.4. The Morgan fingerprint density at radius 3 is 2.22 bits per heavy atom. The largest absolute Gasteiger partial charge is 0.481 e. The quantitative estimate of drug-likeness (QED) is 0.640. The number of rotatable bonds is 4. The predicted molar refractivity (Wildman–Crippen MR) is 117 cm³/mol. The number of benzene rings is 3. The molecule has 1 heterocycles. The number of aliphatic carboxylic acids is 1. The zero-order valence-electron chi connectivity index (χ0n) is 17.3. The standard InChI is InChI=1S/C26H22FNO4/c27-17-7-5-6-16(12-17)22-13-28(14-23(22)25(29)30)26(31)32-15-24-20-10-3-1-8-18(20)19-9-2-4-11-21(19)24/h1-12,22-24H,13-15H2,(H,29,30)/t22-,23+/m0/s1. The lowest BCUT2D eigenvalue weighted by Gasteiger charge is -2.19. The highest BCUT2D eigenvalue weighted by Gasteiger charge is 2.41. The highest BCUT2D eigenvalue weighted by atomic mass is 19.1. The van der Waals surface area contributed by atoms with E-state index in [1.54, 1.807) is 12.1 Å². The third-order valence-electron chi connectivity index (χ3n) is 6.51. The molecule has 1 amide bonds. The lowest BCUT2D eigenvalue weighted by Crippen LogP contribution is -2.31. The van der Waals surface area contributed by atoms with Gasteiger partial charge in [-0.15, -0.1) is 0 Å². The lowest BCUT2D eigenvalue weighted by atomic mass is 9.89. The maximum atomic E-state index is 13.7. The van der Waals surface area contributed by atoms with Crippen molar-refractivity contribution in [3.8, 4) is 11.1 Å². The molecule has 0 bridgehead atoms. The van der Waals surface area contributed by atoms with Gasteiger partial charge in [0.25, 0.3) is 0 Å². The first-order chi connectivity index (χ1) is 15.5. The van der Waals surface area contributed by atoms with Gasteiger partial charge >= 0.3 is 12.1 Å². The monoisotopic (exact) mass is 431 g/mol. The van der Waals surface area contributed by atoms with Crippen LogP contribution in [0.25, 0.3) is 11.1 Å². The van der Waals surface area contributed by atoms with Gasteiger partial charge in [0, 0.05) is 24.9 Å². The molecular weight excluding hydrogens is 409 g/mol. The Morgan fingerprint density at radius 2 is 1.59 bits per heavy atom. The van der Waals surface area contributed by atoms with Crippen LogP contribution in [0.3, 0.4) is 0 Å². The van der Waals surface area contributed by atoms with Crippen molar-refractivity contribution in [3.63, 3.8) is 0 Å². The number of amides is 1. The van der Waals surface area contributed by atoms with Crippen molar-refractivity contribution in [2.24, 2.45) is 5.92 Å². The van der Waals surface area contributed by atoms with E-state index in [0.29, 0.717) is 5.56 Å². The van der Waals surface area contributed by atoms with E-state index in [-0.39, 0.29) is 25.6 Å². The molecule has 0 unspecified atom stereocenters. The van der Waals surface area contributed by atoms with E-state index in [4.69, 9.17) is 4.74 Å². The van der Waals surface area contributed by atoms with Crippen molar-refractivity contribution in [2.75, 3.05) is 19.7 Å². The van der Waals surface area contributed by atoms with Gasteiger partial charge in [0.1, 0.15) is 12.4 Å². The van der Waals surface area contributed by atoms with E-state index in [0.717, 1.165) is 22.3 Å². The van der Waals surface area contributed by atoms with E-state index < -0.39 is 29.7 Å².